The number of aliphatic carboxylic acids is 1. The van der Waals surface area contributed by atoms with E-state index in [0.717, 1.165) is 12.8 Å². The molecule has 14 heavy (non-hydrogen) atoms. The number of nitrogens with zero attached hydrogens (tertiary/aromatic N) is 4. The standard InChI is InChI=1S/C7H10N4O2S/c1-11-7(8-9-10-11)14-5(6(12)13)4-2-3-4/h4-5H,2-3H2,1H3,(H,12,13). The molecule has 0 spiro atoms. The topological polar surface area (TPSA) is 80.9 Å². The number of carboxylic acid groups (broad SMARTS) is 1. The predicted molar refractivity (Wildman–Crippen MR) is 48.8 cm³/mol. The normalized spacial score (nSPS) is 18.1. The molecular weight excluding hydrogens is 204 g/mol. The summed E-state index contributed by atoms with van der Waals surface area (Å²) in [6.45, 7) is 0. The highest BCUT2D eigenvalue weighted by molar-refractivity contribution is 8.00. The number of hydrogen-bond acceptors (Lipinski definition) is 5. The van der Waals surface area contributed by atoms with Gasteiger partial charge in [0, 0.05) is 7.05 Å². The summed E-state index contributed by atoms with van der Waals surface area (Å²) in [5, 5.41) is 20.0. The van der Waals surface area contributed by atoms with Crippen molar-refractivity contribution in [1.29, 1.82) is 0 Å². The van der Waals surface area contributed by atoms with Crippen LogP contribution in [0.3, 0.4) is 0 Å². The van der Waals surface area contributed by atoms with Crippen LogP contribution in [-0.2, 0) is 11.8 Å². The van der Waals surface area contributed by atoms with Crippen molar-refractivity contribution >= 4 is 17.7 Å². The molecule has 6 nitrogen and oxygen atoms in total. The van der Waals surface area contributed by atoms with Gasteiger partial charge in [-0.3, -0.25) is 4.79 Å². The summed E-state index contributed by atoms with van der Waals surface area (Å²) >= 11 is 1.23. The van der Waals surface area contributed by atoms with Crippen LogP contribution in [0.25, 0.3) is 0 Å². The van der Waals surface area contributed by atoms with Gasteiger partial charge in [0.25, 0.3) is 0 Å². The van der Waals surface area contributed by atoms with Crippen molar-refractivity contribution in [3.05, 3.63) is 0 Å². The minimum Gasteiger partial charge on any atom is -0.480 e. The number of carboxylic acids is 1. The third-order valence-corrected chi connectivity index (χ3v) is 3.50. The van der Waals surface area contributed by atoms with Gasteiger partial charge in [0.05, 0.1) is 0 Å². The van der Waals surface area contributed by atoms with E-state index in [2.05, 4.69) is 15.5 Å². The highest BCUT2D eigenvalue weighted by Gasteiger charge is 2.37. The van der Waals surface area contributed by atoms with E-state index >= 15 is 0 Å². The highest BCUT2D eigenvalue weighted by Crippen LogP contribution is 2.40. The Hall–Kier alpha value is -1.11. The lowest BCUT2D eigenvalue weighted by atomic mass is 10.3. The predicted octanol–water partition coefficient (Wildman–Crippen LogP) is 0.165. The van der Waals surface area contributed by atoms with Crippen LogP contribution in [-0.4, -0.2) is 36.5 Å². The van der Waals surface area contributed by atoms with Crippen LogP contribution in [0.15, 0.2) is 5.16 Å². The van der Waals surface area contributed by atoms with Crippen molar-refractivity contribution in [2.45, 2.75) is 23.2 Å². The summed E-state index contributed by atoms with van der Waals surface area (Å²) in [6, 6.07) is 0. The molecule has 1 aliphatic rings. The molecule has 1 unspecified atom stereocenters. The number of tetrazole rings is 1. The lowest BCUT2D eigenvalue weighted by Crippen LogP contribution is -2.19. The maximum Gasteiger partial charge on any atom is 0.317 e. The number of aromatic nitrogens is 4. The summed E-state index contributed by atoms with van der Waals surface area (Å²) in [5.41, 5.74) is 0. The van der Waals surface area contributed by atoms with Gasteiger partial charge in [-0.05, 0) is 29.2 Å². The van der Waals surface area contributed by atoms with Crippen LogP contribution >= 0.6 is 11.8 Å². The van der Waals surface area contributed by atoms with Crippen LogP contribution in [0.1, 0.15) is 12.8 Å². The summed E-state index contributed by atoms with van der Waals surface area (Å²) in [4.78, 5) is 10.9. The first-order chi connectivity index (χ1) is 6.68. The zero-order chi connectivity index (χ0) is 10.1. The Morgan fingerprint density at radius 2 is 2.43 bits per heavy atom. The molecule has 1 N–H and O–H groups in total. The molecule has 7 heteroatoms. The molecule has 0 radical (unpaired) electrons. The molecule has 0 aromatic carbocycles. The molecule has 1 saturated carbocycles. The van der Waals surface area contributed by atoms with E-state index in [1.165, 1.54) is 16.4 Å². The van der Waals surface area contributed by atoms with Crippen molar-refractivity contribution in [2.24, 2.45) is 13.0 Å². The zero-order valence-corrected chi connectivity index (χ0v) is 8.44. The van der Waals surface area contributed by atoms with Crippen LogP contribution in [0.2, 0.25) is 0 Å². The minimum atomic E-state index is -0.777. The molecule has 2 rings (SSSR count). The van der Waals surface area contributed by atoms with Gasteiger partial charge in [-0.25, -0.2) is 4.68 Å². The monoisotopic (exact) mass is 214 g/mol. The van der Waals surface area contributed by atoms with E-state index < -0.39 is 11.2 Å². The molecule has 0 aliphatic heterocycles. The van der Waals surface area contributed by atoms with E-state index in [9.17, 15) is 4.79 Å². The van der Waals surface area contributed by atoms with Gasteiger partial charge in [-0.15, -0.1) is 5.10 Å². The number of aryl methyl sites for hydroxylation is 1. The Morgan fingerprint density at radius 1 is 1.71 bits per heavy atom. The van der Waals surface area contributed by atoms with Gasteiger partial charge in [-0.1, -0.05) is 11.8 Å². The second kappa shape index (κ2) is 3.56. The van der Waals surface area contributed by atoms with E-state index in [0.29, 0.717) is 5.16 Å². The third kappa shape index (κ3) is 1.87. The van der Waals surface area contributed by atoms with Crippen molar-refractivity contribution in [3.8, 4) is 0 Å². The van der Waals surface area contributed by atoms with Gasteiger partial charge in [0.2, 0.25) is 5.16 Å². The number of rotatable bonds is 4. The first-order valence-electron chi connectivity index (χ1n) is 4.30. The van der Waals surface area contributed by atoms with Crippen molar-refractivity contribution in [3.63, 3.8) is 0 Å². The third-order valence-electron chi connectivity index (χ3n) is 2.11. The van der Waals surface area contributed by atoms with Crippen molar-refractivity contribution in [2.75, 3.05) is 0 Å². The van der Waals surface area contributed by atoms with Gasteiger partial charge in [-0.2, -0.15) is 0 Å². The fraction of sp³-hybridized carbons (Fsp3) is 0.714. The van der Waals surface area contributed by atoms with Crippen LogP contribution in [0.4, 0.5) is 0 Å². The summed E-state index contributed by atoms with van der Waals surface area (Å²) in [5.74, 6) is -0.491. The molecule has 1 fully saturated rings. The average Bonchev–Trinajstić information content (AvgIpc) is 2.87. The molecule has 0 bridgehead atoms. The van der Waals surface area contributed by atoms with Gasteiger partial charge >= 0.3 is 5.97 Å². The van der Waals surface area contributed by atoms with Gasteiger partial charge in [0.15, 0.2) is 0 Å². The molecule has 1 aliphatic carbocycles. The Labute approximate surface area is 84.7 Å². The van der Waals surface area contributed by atoms with Crippen LogP contribution in [0.5, 0.6) is 0 Å². The van der Waals surface area contributed by atoms with E-state index in [1.807, 2.05) is 0 Å². The molecule has 0 amide bonds. The summed E-state index contributed by atoms with van der Waals surface area (Å²) in [7, 11) is 1.70. The van der Waals surface area contributed by atoms with Crippen molar-refractivity contribution < 1.29 is 9.90 Å². The van der Waals surface area contributed by atoms with Crippen LogP contribution in [0, 0.1) is 5.92 Å². The molecule has 1 aromatic heterocycles. The largest absolute Gasteiger partial charge is 0.480 e. The second-order valence-corrected chi connectivity index (χ2v) is 4.41. The van der Waals surface area contributed by atoms with E-state index in [1.54, 1.807) is 7.05 Å². The Morgan fingerprint density at radius 3 is 2.86 bits per heavy atom. The SMILES string of the molecule is Cn1nnnc1SC(C(=O)O)C1CC1. The number of hydrogen-bond donors (Lipinski definition) is 1. The van der Waals surface area contributed by atoms with E-state index in [-0.39, 0.29) is 5.92 Å². The molecular formula is C7H10N4O2S. The lowest BCUT2D eigenvalue weighted by Gasteiger charge is -2.08. The summed E-state index contributed by atoms with van der Waals surface area (Å²) < 4.78 is 1.49. The fourth-order valence-corrected chi connectivity index (χ4v) is 2.25. The molecule has 0 saturated heterocycles. The average molecular weight is 214 g/mol. The smallest absolute Gasteiger partial charge is 0.317 e. The first kappa shape index (κ1) is 9.45. The minimum absolute atomic E-state index is 0.286. The van der Waals surface area contributed by atoms with Crippen LogP contribution < -0.4 is 0 Å². The maximum atomic E-state index is 10.9. The Bertz CT molecular complexity index is 349. The Balaban J connectivity index is 2.07. The quantitative estimate of drug-likeness (QED) is 0.719. The lowest BCUT2D eigenvalue weighted by molar-refractivity contribution is -0.136. The molecule has 76 valence electrons. The van der Waals surface area contributed by atoms with Crippen molar-refractivity contribution in [1.82, 2.24) is 20.2 Å². The first-order valence-corrected chi connectivity index (χ1v) is 5.18. The van der Waals surface area contributed by atoms with Gasteiger partial charge in [0.1, 0.15) is 5.25 Å². The highest BCUT2D eigenvalue weighted by atomic mass is 32.2. The van der Waals surface area contributed by atoms with E-state index in [4.69, 9.17) is 5.11 Å². The fourth-order valence-electron chi connectivity index (χ4n) is 1.18. The summed E-state index contributed by atoms with van der Waals surface area (Å²) in [6.07, 6.45) is 1.99. The second-order valence-electron chi connectivity index (χ2n) is 3.30. The Kier molecular flexibility index (Phi) is 2.40. The van der Waals surface area contributed by atoms with Gasteiger partial charge < -0.3 is 5.11 Å². The molecule has 1 heterocycles. The number of carbonyl (C=O) groups is 1. The zero-order valence-electron chi connectivity index (χ0n) is 7.62. The molecule has 1 atom stereocenters. The number of thioether (sulfide) groups is 1. The molecule has 1 aromatic rings. The maximum absolute atomic E-state index is 10.9.